The zero-order valence-electron chi connectivity index (χ0n) is 16.1. The molecule has 0 atom stereocenters. The van der Waals surface area contributed by atoms with E-state index in [-0.39, 0.29) is 17.5 Å². The molecule has 1 heterocycles. The molecule has 0 radical (unpaired) electrons. The van der Waals surface area contributed by atoms with E-state index in [0.29, 0.717) is 23.8 Å². The summed E-state index contributed by atoms with van der Waals surface area (Å²) in [7, 11) is 0. The summed E-state index contributed by atoms with van der Waals surface area (Å²) in [5.74, 6) is 0.139. The fraction of sp³-hybridized carbons (Fsp3) is 0.417. The number of carbonyl (C=O) groups is 2. The molecule has 0 amide bonds. The molecule has 4 rings (SSSR count). The van der Waals surface area contributed by atoms with Gasteiger partial charge >= 0.3 is 0 Å². The Morgan fingerprint density at radius 3 is 2.11 bits per heavy atom. The molecule has 3 nitrogen and oxygen atoms in total. The molecule has 28 heavy (non-hydrogen) atoms. The monoisotopic (exact) mass is 396 g/mol. The maximum Gasteiger partial charge on any atom is 0.148 e. The maximum atomic E-state index is 13.0. The average Bonchev–Trinajstić information content (AvgIpc) is 2.70. The number of carbonyl (C=O) groups excluding carboxylic acids is 2. The average molecular weight is 397 g/mol. The highest BCUT2D eigenvalue weighted by molar-refractivity contribution is 6.30. The Bertz CT molecular complexity index is 863. The summed E-state index contributed by atoms with van der Waals surface area (Å²) >= 11 is 6.00. The van der Waals surface area contributed by atoms with Gasteiger partial charge in [0.05, 0.1) is 0 Å². The standard InChI is InChI=1S/C24H25ClO3/c1-15-2-3-18(16-4-6-20(25)7-5-16)12-21(15)24-22(26)13-19(14-23(24)27)17-8-10-28-11-9-17/h2-7,12,17,19,24H,8-11,13-14H2,1H3. The highest BCUT2D eigenvalue weighted by Crippen LogP contribution is 2.39. The minimum absolute atomic E-state index is 0.0732. The molecule has 0 N–H and O–H groups in total. The van der Waals surface area contributed by atoms with E-state index in [9.17, 15) is 9.59 Å². The molecular weight excluding hydrogens is 372 g/mol. The summed E-state index contributed by atoms with van der Waals surface area (Å²) in [6.45, 7) is 3.47. The number of hydrogen-bond donors (Lipinski definition) is 0. The van der Waals surface area contributed by atoms with Gasteiger partial charge in [0.1, 0.15) is 17.5 Å². The normalized spacial score (nSPS) is 23.8. The number of rotatable bonds is 3. The van der Waals surface area contributed by atoms with Crippen molar-refractivity contribution >= 4 is 23.2 Å². The molecule has 1 saturated heterocycles. The number of aryl methyl sites for hydroxylation is 1. The number of Topliss-reactive ketones (excluding diaryl/α,β-unsaturated/α-hetero) is 2. The molecule has 1 aliphatic heterocycles. The van der Waals surface area contributed by atoms with Crippen molar-refractivity contribution in [3.63, 3.8) is 0 Å². The molecular formula is C24H25ClO3. The van der Waals surface area contributed by atoms with E-state index in [1.807, 2.05) is 49.4 Å². The predicted octanol–water partition coefficient (Wildman–Crippen LogP) is 5.37. The van der Waals surface area contributed by atoms with Crippen LogP contribution >= 0.6 is 11.6 Å². The zero-order valence-corrected chi connectivity index (χ0v) is 16.9. The van der Waals surface area contributed by atoms with Crippen LogP contribution in [0.15, 0.2) is 42.5 Å². The molecule has 2 aliphatic rings. The first-order chi connectivity index (χ1) is 13.5. The number of halogens is 1. The van der Waals surface area contributed by atoms with Gasteiger partial charge in [0, 0.05) is 31.1 Å². The molecule has 1 aliphatic carbocycles. The highest BCUT2D eigenvalue weighted by Gasteiger charge is 2.40. The van der Waals surface area contributed by atoms with Crippen LogP contribution in [0, 0.1) is 18.8 Å². The molecule has 146 valence electrons. The fourth-order valence-electron chi connectivity index (χ4n) is 4.65. The van der Waals surface area contributed by atoms with Crippen LogP contribution in [0.3, 0.4) is 0 Å². The van der Waals surface area contributed by atoms with Crippen molar-refractivity contribution in [1.29, 1.82) is 0 Å². The third kappa shape index (κ3) is 3.92. The summed E-state index contributed by atoms with van der Waals surface area (Å²) in [5, 5.41) is 0.688. The molecule has 0 unspecified atom stereocenters. The van der Waals surface area contributed by atoms with Crippen LogP contribution in [0.25, 0.3) is 11.1 Å². The van der Waals surface area contributed by atoms with Crippen LogP contribution in [0.2, 0.25) is 5.02 Å². The van der Waals surface area contributed by atoms with Gasteiger partial charge in [-0.15, -0.1) is 0 Å². The van der Waals surface area contributed by atoms with Crippen LogP contribution < -0.4 is 0 Å². The van der Waals surface area contributed by atoms with Gasteiger partial charge in [-0.25, -0.2) is 0 Å². The lowest BCUT2D eigenvalue weighted by molar-refractivity contribution is -0.135. The summed E-state index contributed by atoms with van der Waals surface area (Å²) < 4.78 is 5.43. The topological polar surface area (TPSA) is 43.4 Å². The Hall–Kier alpha value is -1.97. The van der Waals surface area contributed by atoms with Gasteiger partial charge in [0.15, 0.2) is 0 Å². The van der Waals surface area contributed by atoms with Crippen molar-refractivity contribution in [2.45, 2.75) is 38.5 Å². The van der Waals surface area contributed by atoms with Gasteiger partial charge in [-0.1, -0.05) is 35.9 Å². The summed E-state index contributed by atoms with van der Waals surface area (Å²) in [6, 6.07) is 13.7. The van der Waals surface area contributed by atoms with E-state index in [2.05, 4.69) is 0 Å². The first-order valence-corrected chi connectivity index (χ1v) is 10.4. The lowest BCUT2D eigenvalue weighted by Crippen LogP contribution is -2.36. The number of hydrogen-bond acceptors (Lipinski definition) is 3. The number of ketones is 2. The molecule has 4 heteroatoms. The van der Waals surface area contributed by atoms with Crippen LogP contribution in [0.4, 0.5) is 0 Å². The Morgan fingerprint density at radius 1 is 0.857 bits per heavy atom. The van der Waals surface area contributed by atoms with Crippen LogP contribution in [-0.4, -0.2) is 24.8 Å². The van der Waals surface area contributed by atoms with E-state index >= 15 is 0 Å². The summed E-state index contributed by atoms with van der Waals surface area (Å²) in [4.78, 5) is 26.1. The van der Waals surface area contributed by atoms with Crippen molar-refractivity contribution in [2.24, 2.45) is 11.8 Å². The van der Waals surface area contributed by atoms with Crippen LogP contribution in [0.1, 0.15) is 42.7 Å². The van der Waals surface area contributed by atoms with E-state index in [4.69, 9.17) is 16.3 Å². The van der Waals surface area contributed by atoms with Gasteiger partial charge in [-0.2, -0.15) is 0 Å². The fourth-order valence-corrected chi connectivity index (χ4v) is 4.77. The molecule has 0 aromatic heterocycles. The van der Waals surface area contributed by atoms with Crippen molar-refractivity contribution in [3.05, 3.63) is 58.6 Å². The first kappa shape index (κ1) is 19.4. The second kappa shape index (κ2) is 8.18. The molecule has 2 aromatic rings. The minimum Gasteiger partial charge on any atom is -0.381 e. The van der Waals surface area contributed by atoms with E-state index in [0.717, 1.165) is 48.3 Å². The second-order valence-corrected chi connectivity index (χ2v) is 8.50. The Labute approximate surface area is 171 Å². The Kier molecular flexibility index (Phi) is 5.65. The third-order valence-corrected chi connectivity index (χ3v) is 6.52. The zero-order chi connectivity index (χ0) is 19.7. The second-order valence-electron chi connectivity index (χ2n) is 8.06. The smallest absolute Gasteiger partial charge is 0.148 e. The number of ether oxygens (including phenoxy) is 1. The quantitative estimate of drug-likeness (QED) is 0.654. The first-order valence-electron chi connectivity index (χ1n) is 10.0. The van der Waals surface area contributed by atoms with Crippen molar-refractivity contribution in [3.8, 4) is 11.1 Å². The van der Waals surface area contributed by atoms with E-state index < -0.39 is 5.92 Å². The Balaban J connectivity index is 1.60. The molecule has 2 fully saturated rings. The van der Waals surface area contributed by atoms with Crippen LogP contribution in [0.5, 0.6) is 0 Å². The van der Waals surface area contributed by atoms with E-state index in [1.54, 1.807) is 0 Å². The minimum atomic E-state index is -0.622. The Morgan fingerprint density at radius 2 is 1.46 bits per heavy atom. The lowest BCUT2D eigenvalue weighted by atomic mass is 9.70. The van der Waals surface area contributed by atoms with Gasteiger partial charge in [0.2, 0.25) is 0 Å². The van der Waals surface area contributed by atoms with Crippen LogP contribution in [-0.2, 0) is 14.3 Å². The summed E-state index contributed by atoms with van der Waals surface area (Å²) in [6.07, 6.45) is 2.93. The van der Waals surface area contributed by atoms with Gasteiger partial charge in [0.25, 0.3) is 0 Å². The molecule has 0 spiro atoms. The van der Waals surface area contributed by atoms with Gasteiger partial charge in [-0.05, 0) is 72.1 Å². The highest BCUT2D eigenvalue weighted by atomic mass is 35.5. The predicted molar refractivity (Wildman–Crippen MR) is 111 cm³/mol. The van der Waals surface area contributed by atoms with Crippen molar-refractivity contribution in [2.75, 3.05) is 13.2 Å². The van der Waals surface area contributed by atoms with Gasteiger partial charge in [-0.3, -0.25) is 9.59 Å². The molecule has 2 aromatic carbocycles. The van der Waals surface area contributed by atoms with Crippen molar-refractivity contribution in [1.82, 2.24) is 0 Å². The maximum absolute atomic E-state index is 13.0. The lowest BCUT2D eigenvalue weighted by Gasteiger charge is -2.34. The molecule has 0 bridgehead atoms. The van der Waals surface area contributed by atoms with E-state index in [1.165, 1.54) is 0 Å². The molecule has 1 saturated carbocycles. The SMILES string of the molecule is Cc1ccc(-c2ccc(Cl)cc2)cc1C1C(=O)CC(C2CCOCC2)CC1=O. The number of benzene rings is 2. The largest absolute Gasteiger partial charge is 0.381 e. The third-order valence-electron chi connectivity index (χ3n) is 6.27. The summed E-state index contributed by atoms with van der Waals surface area (Å²) in [5.41, 5.74) is 3.88. The van der Waals surface area contributed by atoms with Crippen molar-refractivity contribution < 1.29 is 14.3 Å². The van der Waals surface area contributed by atoms with Gasteiger partial charge < -0.3 is 4.74 Å².